The van der Waals surface area contributed by atoms with E-state index >= 15 is 0 Å². The fraction of sp³-hybridized carbons (Fsp3) is 0.453. The van der Waals surface area contributed by atoms with Crippen molar-refractivity contribution < 1.29 is 68.9 Å². The highest BCUT2D eigenvalue weighted by molar-refractivity contribution is 5.97. The number of likely N-dealkylation sites (tertiary alicyclic amines) is 2. The van der Waals surface area contributed by atoms with Crippen LogP contribution in [0.1, 0.15) is 118 Å². The number of rotatable bonds is 25. The van der Waals surface area contributed by atoms with Gasteiger partial charge < -0.3 is 48.9 Å². The zero-order valence-electron chi connectivity index (χ0n) is 56.6. The SMILES string of the molecule is CN(CCN1CCC(OC(=O)Nc2ccccc2-c2ccccc2)CC1)C(=O)CCCCCNc1ccc2c(c1)CCN(CCCN(C)C(=O)CO[C@H]1Cc3ccccc3C13CCN(CC[C@]1(c4ccc(F)cc4)CN(C(=O)c4cc(C(F)(F)F)cc(C(F)(F)F)c4)CO1)CC3)C2=O.Cl.Cl.Cl. The molecule has 1 aliphatic carbocycles. The zero-order chi connectivity index (χ0) is 69.2. The number of benzene rings is 6. The summed E-state index contributed by atoms with van der Waals surface area (Å²) in [6.07, 6.45) is -3.20. The van der Waals surface area contributed by atoms with Crippen molar-refractivity contribution in [1.82, 2.24) is 29.4 Å². The van der Waals surface area contributed by atoms with Crippen LogP contribution < -0.4 is 10.6 Å². The monoisotopic (exact) mass is 1470 g/mol. The zero-order valence-corrected chi connectivity index (χ0v) is 59.1. The van der Waals surface area contributed by atoms with Gasteiger partial charge in [0.05, 0.1) is 29.5 Å². The van der Waals surface area contributed by atoms with Crippen molar-refractivity contribution in [2.24, 2.45) is 0 Å². The number of hydrogen-bond donors (Lipinski definition) is 2. The van der Waals surface area contributed by atoms with Gasteiger partial charge in [-0.2, -0.15) is 26.3 Å². The molecule has 2 N–H and O–H groups in total. The molecule has 546 valence electrons. The minimum absolute atomic E-state index is 0. The standard InChI is InChI=1S/C75H85F7N8O8.3ClH/c1-85(34-13-35-89-38-27-53-46-60(25-26-63(53)70(89)94)83-33-12-4-7-20-67(91)86(2)42-43-87-36-28-61(29-37-87)98-71(95)84-65-19-11-9-17-62(65)52-14-5-3-6-15-52)68(92)49-96-66-47-54-16-8-10-18-64(54)72(66)30-39-88(40-31-72)41-32-73(56-21-23-59(76)24-22-56)50-90(51-97-73)69(93)55-44-57(74(77,78)79)48-58(45-55)75(80,81)82;;;/h3,5-6,8-11,14-19,21-26,44-46,48,61,66,83H,4,7,12-13,20,27-43,47,49-51H2,1-2H3,(H,84,95);3*1H/t66-,73+;;;/m0.../s1. The Kier molecular flexibility index (Phi) is 27.5. The second-order valence-electron chi connectivity index (χ2n) is 26.6. The summed E-state index contributed by atoms with van der Waals surface area (Å²) in [5.41, 5.74) is 2.40. The van der Waals surface area contributed by atoms with Crippen molar-refractivity contribution in [3.63, 3.8) is 0 Å². The lowest BCUT2D eigenvalue weighted by Gasteiger charge is -2.44. The smallest absolute Gasteiger partial charge is 0.416 e. The number of hydrogen-bond acceptors (Lipinski definition) is 11. The number of anilines is 2. The average molecular weight is 1470 g/mol. The molecule has 11 rings (SSSR count). The number of alkyl halides is 6. The van der Waals surface area contributed by atoms with Gasteiger partial charge in [-0.25, -0.2) is 9.18 Å². The molecule has 0 aromatic heterocycles. The molecular weight excluding hydrogens is 1380 g/mol. The molecule has 101 heavy (non-hydrogen) atoms. The molecule has 1 spiro atoms. The van der Waals surface area contributed by atoms with Crippen molar-refractivity contribution in [3.05, 3.63) is 190 Å². The number of nitrogens with one attached hydrogen (secondary N) is 2. The molecule has 3 fully saturated rings. The van der Waals surface area contributed by atoms with Crippen LogP contribution >= 0.6 is 37.2 Å². The first-order valence-electron chi connectivity index (χ1n) is 33.9. The molecule has 3 saturated heterocycles. The van der Waals surface area contributed by atoms with Gasteiger partial charge in [-0.3, -0.25) is 24.5 Å². The Labute approximate surface area is 603 Å². The quantitative estimate of drug-likeness (QED) is 0.0415. The highest BCUT2D eigenvalue weighted by Gasteiger charge is 2.50. The molecular formula is C75H88Cl3F7N8O8. The normalized spacial score (nSPS) is 18.3. The molecule has 4 heterocycles. The third kappa shape index (κ3) is 19.6. The van der Waals surface area contributed by atoms with Crippen LogP contribution in [0, 0.1) is 5.82 Å². The maximum Gasteiger partial charge on any atom is 0.416 e. The molecule has 16 nitrogen and oxygen atoms in total. The molecule has 0 bridgehead atoms. The summed E-state index contributed by atoms with van der Waals surface area (Å²) in [7, 11) is 3.60. The third-order valence-electron chi connectivity index (χ3n) is 20.3. The Balaban J connectivity index is 0.00000432. The Morgan fingerprint density at radius 2 is 1.33 bits per heavy atom. The lowest BCUT2D eigenvalue weighted by Crippen LogP contribution is -2.50. The van der Waals surface area contributed by atoms with E-state index in [-0.39, 0.29) is 92.8 Å². The van der Waals surface area contributed by atoms with Crippen LogP contribution in [-0.4, -0.2) is 177 Å². The van der Waals surface area contributed by atoms with Crippen LogP contribution in [0.25, 0.3) is 11.1 Å². The van der Waals surface area contributed by atoms with E-state index in [0.717, 1.165) is 91.1 Å². The van der Waals surface area contributed by atoms with Crippen molar-refractivity contribution >= 4 is 78.3 Å². The lowest BCUT2D eigenvalue weighted by atomic mass is 9.72. The summed E-state index contributed by atoms with van der Waals surface area (Å²) in [6, 6.07) is 37.9. The van der Waals surface area contributed by atoms with E-state index in [2.05, 4.69) is 32.6 Å². The van der Waals surface area contributed by atoms with Gasteiger partial charge in [0.2, 0.25) is 11.8 Å². The van der Waals surface area contributed by atoms with Crippen LogP contribution in [0.5, 0.6) is 0 Å². The van der Waals surface area contributed by atoms with E-state index in [9.17, 15) is 54.7 Å². The number of piperidine rings is 2. The van der Waals surface area contributed by atoms with E-state index in [1.165, 1.54) is 29.8 Å². The van der Waals surface area contributed by atoms with Gasteiger partial charge in [0.25, 0.3) is 11.8 Å². The van der Waals surface area contributed by atoms with Crippen LogP contribution in [0.2, 0.25) is 0 Å². The molecule has 0 unspecified atom stereocenters. The Morgan fingerprint density at radius 1 is 0.663 bits per heavy atom. The molecule has 2 atom stereocenters. The second kappa shape index (κ2) is 35.1. The lowest BCUT2D eigenvalue weighted by molar-refractivity contribution is -0.143. The van der Waals surface area contributed by atoms with Crippen molar-refractivity contribution in [3.8, 4) is 11.1 Å². The maximum atomic E-state index is 14.3. The second-order valence-corrected chi connectivity index (χ2v) is 26.6. The number of carbonyl (C=O) groups excluding carboxylic acids is 5. The number of nitrogens with zero attached hydrogens (tertiary/aromatic N) is 6. The summed E-state index contributed by atoms with van der Waals surface area (Å²) < 4.78 is 116. The Hall–Kier alpha value is -7.51. The van der Waals surface area contributed by atoms with Crippen LogP contribution in [0.3, 0.4) is 0 Å². The first-order valence-corrected chi connectivity index (χ1v) is 33.9. The number of halogens is 10. The van der Waals surface area contributed by atoms with E-state index in [1.807, 2.05) is 96.9 Å². The van der Waals surface area contributed by atoms with Crippen LogP contribution in [0.15, 0.2) is 140 Å². The number of unbranched alkanes of at least 4 members (excludes halogenated alkanes) is 2. The predicted molar refractivity (Wildman–Crippen MR) is 379 cm³/mol. The number of likely N-dealkylation sites (N-methyl/N-ethyl adjacent to an activating group) is 2. The van der Waals surface area contributed by atoms with Gasteiger partial charge >= 0.3 is 18.4 Å². The Morgan fingerprint density at radius 3 is 2.04 bits per heavy atom. The van der Waals surface area contributed by atoms with Crippen molar-refractivity contribution in [2.75, 3.05) is 117 Å². The van der Waals surface area contributed by atoms with Gasteiger partial charge in [-0.15, -0.1) is 37.2 Å². The highest BCUT2D eigenvalue weighted by Crippen LogP contribution is 2.49. The fourth-order valence-corrected chi connectivity index (χ4v) is 14.5. The highest BCUT2D eigenvalue weighted by atomic mass is 35.5. The third-order valence-corrected chi connectivity index (χ3v) is 20.3. The molecule has 26 heteroatoms. The first-order chi connectivity index (χ1) is 47.0. The first kappa shape index (κ1) is 79.2. The van der Waals surface area contributed by atoms with Crippen LogP contribution in [0.4, 0.5) is 46.9 Å². The molecule has 0 saturated carbocycles. The van der Waals surface area contributed by atoms with E-state index in [4.69, 9.17) is 14.2 Å². The maximum absolute atomic E-state index is 14.3. The van der Waals surface area contributed by atoms with Gasteiger partial charge in [0, 0.05) is 107 Å². The van der Waals surface area contributed by atoms with E-state index < -0.39 is 64.6 Å². The summed E-state index contributed by atoms with van der Waals surface area (Å²) >= 11 is 0. The molecule has 0 radical (unpaired) electrons. The number of carbonyl (C=O) groups is 5. The number of fused-ring (bicyclic) bond motifs is 3. The largest absolute Gasteiger partial charge is 0.446 e. The molecule has 5 amide bonds. The average Bonchev–Trinajstić information content (AvgIpc) is 1.58. The topological polar surface area (TPSA) is 157 Å². The summed E-state index contributed by atoms with van der Waals surface area (Å²) in [5.74, 6) is -1.69. The van der Waals surface area contributed by atoms with Gasteiger partial charge in [-0.05, 0) is 160 Å². The Bertz CT molecular complexity index is 3760. The van der Waals surface area contributed by atoms with Crippen molar-refractivity contribution in [1.29, 1.82) is 0 Å². The summed E-state index contributed by atoms with van der Waals surface area (Å²) in [4.78, 5) is 78.1. The fourth-order valence-electron chi connectivity index (χ4n) is 14.5. The van der Waals surface area contributed by atoms with Gasteiger partial charge in [0.15, 0.2) is 0 Å². The summed E-state index contributed by atoms with van der Waals surface area (Å²) in [5, 5.41) is 6.43. The molecule has 6 aromatic carbocycles. The van der Waals surface area contributed by atoms with Crippen molar-refractivity contribution in [2.45, 2.75) is 113 Å². The van der Waals surface area contributed by atoms with E-state index in [0.29, 0.717) is 113 Å². The minimum Gasteiger partial charge on any atom is -0.446 e. The number of ether oxygens (including phenoxy) is 3. The number of para-hydroxylation sites is 1. The minimum atomic E-state index is -5.15. The van der Waals surface area contributed by atoms with E-state index in [1.54, 1.807) is 16.8 Å². The summed E-state index contributed by atoms with van der Waals surface area (Å²) in [6.45, 7) is 6.04. The molecule has 6 aromatic rings. The molecule has 4 aliphatic heterocycles. The predicted octanol–water partition coefficient (Wildman–Crippen LogP) is 14.2. The number of amides is 5. The molecule has 5 aliphatic rings. The van der Waals surface area contributed by atoms with Gasteiger partial charge in [-0.1, -0.05) is 91.3 Å². The van der Waals surface area contributed by atoms with Gasteiger partial charge in [0.1, 0.15) is 30.9 Å². The van der Waals surface area contributed by atoms with Crippen LogP contribution in [-0.2, 0) is 60.0 Å².